The zero-order valence-electron chi connectivity index (χ0n) is 13.7. The lowest BCUT2D eigenvalue weighted by molar-refractivity contribution is 0.102. The average molecular weight is 340 g/mol. The Hall–Kier alpha value is -2.83. The van der Waals surface area contributed by atoms with E-state index in [1.807, 2.05) is 24.3 Å². The van der Waals surface area contributed by atoms with Gasteiger partial charge in [0, 0.05) is 30.4 Å². The van der Waals surface area contributed by atoms with Gasteiger partial charge in [0.05, 0.1) is 11.8 Å². The van der Waals surface area contributed by atoms with Crippen molar-refractivity contribution in [3.05, 3.63) is 47.8 Å². The molecule has 7 heteroatoms. The quantitative estimate of drug-likeness (QED) is 0.753. The molecule has 0 spiro atoms. The van der Waals surface area contributed by atoms with Crippen molar-refractivity contribution in [2.24, 2.45) is 5.92 Å². The number of carbonyl (C=O) groups is 2. The van der Waals surface area contributed by atoms with Crippen molar-refractivity contribution in [3.63, 3.8) is 0 Å². The van der Waals surface area contributed by atoms with E-state index in [1.54, 1.807) is 11.1 Å². The van der Waals surface area contributed by atoms with Crippen molar-refractivity contribution < 1.29 is 14.7 Å². The first-order chi connectivity index (χ1) is 12.1. The van der Waals surface area contributed by atoms with Crippen LogP contribution in [0.25, 0.3) is 0 Å². The van der Waals surface area contributed by atoms with Crippen LogP contribution in [0.1, 0.15) is 41.1 Å². The van der Waals surface area contributed by atoms with Crippen LogP contribution in [0.4, 0.5) is 10.5 Å². The Morgan fingerprint density at radius 1 is 1.28 bits per heavy atom. The first kappa shape index (κ1) is 15.7. The Labute approximate surface area is 145 Å². The molecular weight excluding hydrogens is 320 g/mol. The first-order valence-electron chi connectivity index (χ1n) is 8.51. The summed E-state index contributed by atoms with van der Waals surface area (Å²) in [6.07, 6.45) is 5.36. The zero-order chi connectivity index (χ0) is 17.4. The lowest BCUT2D eigenvalue weighted by atomic mass is 10.1. The highest BCUT2D eigenvalue weighted by Gasteiger charge is 2.46. The van der Waals surface area contributed by atoms with Gasteiger partial charge in [-0.1, -0.05) is 12.1 Å². The Bertz CT molecular complexity index is 768. The predicted molar refractivity (Wildman–Crippen MR) is 91.6 cm³/mol. The van der Waals surface area contributed by atoms with Crippen LogP contribution in [0.5, 0.6) is 0 Å². The van der Waals surface area contributed by atoms with Crippen LogP contribution >= 0.6 is 0 Å². The monoisotopic (exact) mass is 340 g/mol. The molecule has 1 aromatic carbocycles. The maximum atomic E-state index is 12.0. The summed E-state index contributed by atoms with van der Waals surface area (Å²) in [5.41, 5.74) is 2.30. The number of benzene rings is 1. The number of aromatic amines is 1. The summed E-state index contributed by atoms with van der Waals surface area (Å²) in [4.78, 5) is 25.1. The highest BCUT2D eigenvalue weighted by molar-refractivity contribution is 6.03. The Morgan fingerprint density at radius 3 is 2.64 bits per heavy atom. The van der Waals surface area contributed by atoms with Crippen molar-refractivity contribution >= 4 is 17.7 Å². The van der Waals surface area contributed by atoms with Crippen LogP contribution in [0.3, 0.4) is 0 Å². The summed E-state index contributed by atoms with van der Waals surface area (Å²) in [5, 5.41) is 18.6. The van der Waals surface area contributed by atoms with Crippen molar-refractivity contribution in [3.8, 4) is 0 Å². The van der Waals surface area contributed by atoms with E-state index in [2.05, 4.69) is 15.5 Å². The Kier molecular flexibility index (Phi) is 3.91. The summed E-state index contributed by atoms with van der Waals surface area (Å²) in [5.74, 6) is 0.596. The van der Waals surface area contributed by atoms with E-state index in [9.17, 15) is 14.7 Å². The number of carboxylic acid groups (broad SMARTS) is 1. The minimum absolute atomic E-state index is 0.0875. The molecule has 0 aliphatic heterocycles. The maximum absolute atomic E-state index is 12.0. The number of aromatic nitrogens is 2. The van der Waals surface area contributed by atoms with E-state index in [1.165, 1.54) is 6.20 Å². The molecule has 4 rings (SSSR count). The van der Waals surface area contributed by atoms with E-state index < -0.39 is 6.09 Å². The number of H-pyrrole nitrogens is 1. The van der Waals surface area contributed by atoms with E-state index in [0.717, 1.165) is 24.8 Å². The second-order valence-corrected chi connectivity index (χ2v) is 6.85. The van der Waals surface area contributed by atoms with Gasteiger partial charge in [-0.25, -0.2) is 4.79 Å². The number of amides is 2. The van der Waals surface area contributed by atoms with Crippen LogP contribution < -0.4 is 5.32 Å². The Morgan fingerprint density at radius 2 is 2.04 bits per heavy atom. The van der Waals surface area contributed by atoms with Gasteiger partial charge in [0.2, 0.25) is 0 Å². The van der Waals surface area contributed by atoms with Crippen LogP contribution in [0, 0.1) is 5.92 Å². The molecule has 3 N–H and O–H groups in total. The molecule has 0 radical (unpaired) electrons. The van der Waals surface area contributed by atoms with Crippen LogP contribution in [0.15, 0.2) is 36.7 Å². The molecule has 2 fully saturated rings. The summed E-state index contributed by atoms with van der Waals surface area (Å²) < 4.78 is 0. The second kappa shape index (κ2) is 6.23. The second-order valence-electron chi connectivity index (χ2n) is 6.85. The Balaban J connectivity index is 1.37. The molecule has 25 heavy (non-hydrogen) atoms. The van der Waals surface area contributed by atoms with Gasteiger partial charge in [0.15, 0.2) is 0 Å². The molecule has 0 saturated heterocycles. The number of anilines is 1. The number of hydrogen-bond donors (Lipinski definition) is 3. The largest absolute Gasteiger partial charge is 0.465 e. The molecule has 2 aromatic rings. The third kappa shape index (κ3) is 3.50. The number of carbonyl (C=O) groups excluding carboxylic acids is 1. The average Bonchev–Trinajstić information content (AvgIpc) is 3.51. The van der Waals surface area contributed by atoms with E-state index in [0.29, 0.717) is 23.7 Å². The van der Waals surface area contributed by atoms with Crippen molar-refractivity contribution in [1.29, 1.82) is 0 Å². The van der Waals surface area contributed by atoms with Gasteiger partial charge in [-0.05, 0) is 42.9 Å². The van der Waals surface area contributed by atoms with Crippen LogP contribution in [-0.2, 0) is 0 Å². The maximum Gasteiger partial charge on any atom is 0.407 e. The molecule has 2 aliphatic carbocycles. The number of nitrogens with zero attached hydrogens (tertiary/aromatic N) is 2. The topological polar surface area (TPSA) is 98.3 Å². The van der Waals surface area contributed by atoms with Crippen LogP contribution in [-0.4, -0.2) is 44.8 Å². The smallest absolute Gasteiger partial charge is 0.407 e. The van der Waals surface area contributed by atoms with Crippen molar-refractivity contribution in [2.75, 3.05) is 11.9 Å². The molecule has 2 aliphatic rings. The summed E-state index contributed by atoms with van der Waals surface area (Å²) in [6.45, 7) is 0.662. The standard InChI is InChI=1S/C18H20N4O3/c23-17(13-8-19-20-9-13)21-14-5-3-12(4-6-14)15-7-16(15)22(18(24)25)10-11-1-2-11/h3-6,8-9,11,15-16H,1-2,7,10H2,(H,19,20)(H,21,23)(H,24,25)/t15-,16+/m0/s1. The molecule has 2 saturated carbocycles. The highest BCUT2D eigenvalue weighted by atomic mass is 16.4. The lowest BCUT2D eigenvalue weighted by Gasteiger charge is -2.19. The molecule has 2 atom stereocenters. The van der Waals surface area contributed by atoms with Gasteiger partial charge in [-0.2, -0.15) is 5.10 Å². The summed E-state index contributed by atoms with van der Waals surface area (Å²) in [7, 11) is 0. The lowest BCUT2D eigenvalue weighted by Crippen LogP contribution is -2.34. The molecular formula is C18H20N4O3. The summed E-state index contributed by atoms with van der Waals surface area (Å²) >= 11 is 0. The van der Waals surface area contributed by atoms with E-state index >= 15 is 0 Å². The van der Waals surface area contributed by atoms with Crippen molar-refractivity contribution in [2.45, 2.75) is 31.2 Å². The molecule has 0 unspecified atom stereocenters. The van der Waals surface area contributed by atoms with Gasteiger partial charge < -0.3 is 15.3 Å². The third-order valence-corrected chi connectivity index (χ3v) is 4.91. The first-order valence-corrected chi connectivity index (χ1v) is 8.51. The summed E-state index contributed by atoms with van der Waals surface area (Å²) in [6, 6.07) is 7.73. The minimum Gasteiger partial charge on any atom is -0.465 e. The minimum atomic E-state index is -0.816. The SMILES string of the molecule is O=C(Nc1ccc([C@@H]2C[C@H]2N(CC2CC2)C(=O)O)cc1)c1cn[nH]c1. The molecule has 7 nitrogen and oxygen atoms in total. The normalized spacial score (nSPS) is 21.6. The van der Waals surface area contributed by atoms with Crippen molar-refractivity contribution in [1.82, 2.24) is 15.1 Å². The third-order valence-electron chi connectivity index (χ3n) is 4.91. The van der Waals surface area contributed by atoms with E-state index in [-0.39, 0.29) is 17.9 Å². The van der Waals surface area contributed by atoms with Crippen LogP contribution in [0.2, 0.25) is 0 Å². The predicted octanol–water partition coefficient (Wildman–Crippen LogP) is 2.91. The van der Waals surface area contributed by atoms with Gasteiger partial charge in [0.25, 0.3) is 5.91 Å². The zero-order valence-corrected chi connectivity index (χ0v) is 13.7. The highest BCUT2D eigenvalue weighted by Crippen LogP contribution is 2.46. The van der Waals surface area contributed by atoms with Gasteiger partial charge >= 0.3 is 6.09 Å². The van der Waals surface area contributed by atoms with Gasteiger partial charge in [-0.15, -0.1) is 0 Å². The molecule has 1 heterocycles. The molecule has 130 valence electrons. The number of nitrogens with one attached hydrogen (secondary N) is 2. The van der Waals surface area contributed by atoms with Gasteiger partial charge in [-0.3, -0.25) is 9.89 Å². The fraction of sp³-hybridized carbons (Fsp3) is 0.389. The molecule has 1 aromatic heterocycles. The van der Waals surface area contributed by atoms with E-state index in [4.69, 9.17) is 0 Å². The number of hydrogen-bond acceptors (Lipinski definition) is 3. The van der Waals surface area contributed by atoms with Gasteiger partial charge in [0.1, 0.15) is 0 Å². The fourth-order valence-corrected chi connectivity index (χ4v) is 3.21. The number of rotatable bonds is 6. The molecule has 2 amide bonds. The molecule has 0 bridgehead atoms. The fourth-order valence-electron chi connectivity index (χ4n) is 3.21.